The molecule has 7 nitrogen and oxygen atoms in total. The van der Waals surface area contributed by atoms with Crippen LogP contribution in [0.3, 0.4) is 0 Å². The van der Waals surface area contributed by atoms with Crippen LogP contribution in [0.2, 0.25) is 0 Å². The molecule has 2 aliphatic heterocycles. The van der Waals surface area contributed by atoms with E-state index in [1.165, 1.54) is 18.7 Å². The zero-order chi connectivity index (χ0) is 27.0. The van der Waals surface area contributed by atoms with E-state index in [4.69, 9.17) is 4.74 Å². The normalized spacial score (nSPS) is 20.8. The van der Waals surface area contributed by atoms with Crippen molar-refractivity contribution in [3.63, 3.8) is 0 Å². The summed E-state index contributed by atoms with van der Waals surface area (Å²) in [5, 5.41) is 2.54. The standard InChI is InChI=1S/C25H33F4N3O4/c1-24(2,3)36-23(35)30-16(8-15-9-18(27)19(28)11-17(15)26)10-21(33)32-7-6-14-12-31(13-20(14)32)22(34)25(4,5)29/h9,11,14,16,20H,6-8,10,12-13H2,1-5H3,(H,30,35)/t14-,16+,20?/m0/s1. The number of alkyl halides is 1. The molecule has 36 heavy (non-hydrogen) atoms. The number of hydrogen-bond acceptors (Lipinski definition) is 4. The predicted octanol–water partition coefficient (Wildman–Crippen LogP) is 3.74. The van der Waals surface area contributed by atoms with Crippen LogP contribution in [0.15, 0.2) is 12.1 Å². The molecule has 200 valence electrons. The molecule has 2 heterocycles. The molecule has 2 saturated heterocycles. The largest absolute Gasteiger partial charge is 0.444 e. The topological polar surface area (TPSA) is 79.0 Å². The Kier molecular flexibility index (Phi) is 7.90. The van der Waals surface area contributed by atoms with Gasteiger partial charge in [0.05, 0.1) is 6.04 Å². The highest BCUT2D eigenvalue weighted by Crippen LogP contribution is 2.33. The van der Waals surface area contributed by atoms with Gasteiger partial charge in [-0.05, 0) is 59.1 Å². The summed E-state index contributed by atoms with van der Waals surface area (Å²) in [5.74, 6) is -4.59. The van der Waals surface area contributed by atoms with E-state index in [0.29, 0.717) is 31.6 Å². The Morgan fingerprint density at radius 1 is 1.06 bits per heavy atom. The molecule has 1 unspecified atom stereocenters. The first-order valence-electron chi connectivity index (χ1n) is 12.0. The van der Waals surface area contributed by atoms with E-state index in [1.54, 1.807) is 25.7 Å². The molecule has 1 aromatic rings. The van der Waals surface area contributed by atoms with Crippen molar-refractivity contribution in [2.75, 3.05) is 19.6 Å². The number of carbonyl (C=O) groups is 3. The van der Waals surface area contributed by atoms with Crippen molar-refractivity contribution in [1.82, 2.24) is 15.1 Å². The maximum Gasteiger partial charge on any atom is 0.407 e. The first kappa shape index (κ1) is 27.7. The molecule has 0 spiro atoms. The molecule has 0 saturated carbocycles. The Balaban J connectivity index is 1.74. The molecule has 0 radical (unpaired) electrons. The minimum Gasteiger partial charge on any atom is -0.444 e. The maximum absolute atomic E-state index is 14.3. The van der Waals surface area contributed by atoms with Gasteiger partial charge in [0.15, 0.2) is 17.3 Å². The first-order chi connectivity index (χ1) is 16.5. The van der Waals surface area contributed by atoms with Gasteiger partial charge in [-0.3, -0.25) is 9.59 Å². The summed E-state index contributed by atoms with van der Waals surface area (Å²) < 4.78 is 60.9. The second-order valence-corrected chi connectivity index (χ2v) is 11.0. The van der Waals surface area contributed by atoms with Gasteiger partial charge in [0.1, 0.15) is 11.4 Å². The number of amides is 3. The second kappa shape index (κ2) is 10.3. The summed E-state index contributed by atoms with van der Waals surface area (Å²) in [6.45, 7) is 8.31. The average Bonchev–Trinajstić information content (AvgIpc) is 3.29. The van der Waals surface area contributed by atoms with Crippen LogP contribution in [-0.4, -0.2) is 70.7 Å². The fourth-order valence-corrected chi connectivity index (χ4v) is 4.78. The Hall–Kier alpha value is -2.85. The molecular formula is C25H33F4N3O4. The van der Waals surface area contributed by atoms with Gasteiger partial charge < -0.3 is 19.9 Å². The highest BCUT2D eigenvalue weighted by atomic mass is 19.2. The van der Waals surface area contributed by atoms with Crippen LogP contribution in [0.5, 0.6) is 0 Å². The van der Waals surface area contributed by atoms with Gasteiger partial charge >= 0.3 is 6.09 Å². The van der Waals surface area contributed by atoms with Crippen molar-refractivity contribution in [2.45, 2.75) is 77.2 Å². The Labute approximate surface area is 208 Å². The van der Waals surface area contributed by atoms with Crippen LogP contribution >= 0.6 is 0 Å². The van der Waals surface area contributed by atoms with E-state index in [9.17, 15) is 31.9 Å². The molecule has 0 bridgehead atoms. The summed E-state index contributed by atoms with van der Waals surface area (Å²) in [6, 6.07) is -0.164. The lowest BCUT2D eigenvalue weighted by Crippen LogP contribution is -2.47. The lowest BCUT2D eigenvalue weighted by Gasteiger charge is -2.29. The van der Waals surface area contributed by atoms with E-state index in [0.717, 1.165) is 0 Å². The number of ether oxygens (including phenoxy) is 1. The van der Waals surface area contributed by atoms with Crippen LogP contribution in [0.25, 0.3) is 0 Å². The quantitative estimate of drug-likeness (QED) is 0.463. The number of hydrogen-bond donors (Lipinski definition) is 1. The monoisotopic (exact) mass is 515 g/mol. The highest BCUT2D eigenvalue weighted by molar-refractivity contribution is 5.85. The summed E-state index contributed by atoms with van der Waals surface area (Å²) in [7, 11) is 0. The van der Waals surface area contributed by atoms with Crippen LogP contribution in [-0.2, 0) is 20.7 Å². The molecule has 3 atom stereocenters. The number of rotatable bonds is 6. The smallest absolute Gasteiger partial charge is 0.407 e. The fourth-order valence-electron chi connectivity index (χ4n) is 4.78. The van der Waals surface area contributed by atoms with E-state index < -0.39 is 46.8 Å². The fraction of sp³-hybridized carbons (Fsp3) is 0.640. The summed E-state index contributed by atoms with van der Waals surface area (Å²) in [6.07, 6.45) is -0.750. The third kappa shape index (κ3) is 6.67. The molecule has 3 amide bonds. The number of nitrogens with zero attached hydrogens (tertiary/aromatic N) is 2. The minimum absolute atomic E-state index is 0.00107. The predicted molar refractivity (Wildman–Crippen MR) is 123 cm³/mol. The maximum atomic E-state index is 14.3. The third-order valence-electron chi connectivity index (χ3n) is 6.36. The Bertz CT molecular complexity index is 1020. The summed E-state index contributed by atoms with van der Waals surface area (Å²) in [4.78, 5) is 41.0. The molecule has 11 heteroatoms. The van der Waals surface area contributed by atoms with Crippen molar-refractivity contribution in [1.29, 1.82) is 0 Å². The average molecular weight is 516 g/mol. The molecule has 1 aromatic carbocycles. The SMILES string of the molecule is CC(C)(C)OC(=O)N[C@@H](CC(=O)N1CC[C@H]2CN(C(=O)C(C)(C)F)CC21)Cc1cc(F)c(F)cc1F. The van der Waals surface area contributed by atoms with E-state index in [1.807, 2.05) is 0 Å². The van der Waals surface area contributed by atoms with Crippen LogP contribution in [0, 0.1) is 23.4 Å². The molecule has 2 aliphatic rings. The zero-order valence-electron chi connectivity index (χ0n) is 21.2. The van der Waals surface area contributed by atoms with Gasteiger partial charge in [-0.25, -0.2) is 22.4 Å². The van der Waals surface area contributed by atoms with Crippen molar-refractivity contribution in [3.05, 3.63) is 35.1 Å². The van der Waals surface area contributed by atoms with Gasteiger partial charge in [-0.15, -0.1) is 0 Å². The number of fused-ring (bicyclic) bond motifs is 1. The number of halogens is 4. The van der Waals surface area contributed by atoms with E-state index in [-0.39, 0.29) is 42.8 Å². The molecule has 1 N–H and O–H groups in total. The van der Waals surface area contributed by atoms with Crippen LogP contribution in [0.4, 0.5) is 22.4 Å². The Morgan fingerprint density at radius 2 is 1.69 bits per heavy atom. The van der Waals surface area contributed by atoms with Gasteiger partial charge in [-0.1, -0.05) is 0 Å². The number of alkyl carbamates (subject to hydrolysis) is 1. The minimum atomic E-state index is -2.02. The lowest BCUT2D eigenvalue weighted by atomic mass is 10.0. The summed E-state index contributed by atoms with van der Waals surface area (Å²) >= 11 is 0. The second-order valence-electron chi connectivity index (χ2n) is 11.0. The van der Waals surface area contributed by atoms with Gasteiger partial charge in [0.25, 0.3) is 5.91 Å². The zero-order valence-corrected chi connectivity index (χ0v) is 21.2. The molecule has 0 aromatic heterocycles. The molecule has 3 rings (SSSR count). The Morgan fingerprint density at radius 3 is 2.31 bits per heavy atom. The van der Waals surface area contributed by atoms with Crippen molar-refractivity contribution in [2.24, 2.45) is 5.92 Å². The number of nitrogens with one attached hydrogen (secondary N) is 1. The number of likely N-dealkylation sites (tertiary alicyclic amines) is 2. The van der Waals surface area contributed by atoms with Crippen molar-refractivity contribution < 1.29 is 36.7 Å². The summed E-state index contributed by atoms with van der Waals surface area (Å²) in [5.41, 5.74) is -3.06. The van der Waals surface area contributed by atoms with Crippen LogP contribution in [0.1, 0.15) is 53.0 Å². The lowest BCUT2D eigenvalue weighted by molar-refractivity contribution is -0.142. The molecule has 2 fully saturated rings. The van der Waals surface area contributed by atoms with Gasteiger partial charge in [0.2, 0.25) is 5.91 Å². The van der Waals surface area contributed by atoms with E-state index in [2.05, 4.69) is 5.32 Å². The number of carbonyl (C=O) groups excluding carboxylic acids is 3. The van der Waals surface area contributed by atoms with Crippen molar-refractivity contribution in [3.8, 4) is 0 Å². The van der Waals surface area contributed by atoms with Gasteiger partial charge in [0, 0.05) is 44.1 Å². The molecular weight excluding hydrogens is 482 g/mol. The molecule has 0 aliphatic carbocycles. The van der Waals surface area contributed by atoms with Crippen molar-refractivity contribution >= 4 is 17.9 Å². The number of benzene rings is 1. The van der Waals surface area contributed by atoms with Crippen LogP contribution < -0.4 is 5.32 Å². The highest BCUT2D eigenvalue weighted by Gasteiger charge is 2.47. The van der Waals surface area contributed by atoms with E-state index >= 15 is 0 Å². The first-order valence-corrected chi connectivity index (χ1v) is 12.0. The third-order valence-corrected chi connectivity index (χ3v) is 6.36. The van der Waals surface area contributed by atoms with Gasteiger partial charge in [-0.2, -0.15) is 0 Å².